The summed E-state index contributed by atoms with van der Waals surface area (Å²) >= 11 is 6.13. The molecule has 0 aliphatic rings. The summed E-state index contributed by atoms with van der Waals surface area (Å²) in [7, 11) is 1.63. The lowest BCUT2D eigenvalue weighted by atomic mass is 10.1. The lowest BCUT2D eigenvalue weighted by Crippen LogP contribution is -2.26. The molecule has 0 amide bonds. The van der Waals surface area contributed by atoms with E-state index >= 15 is 0 Å². The molecule has 5 heteroatoms. The summed E-state index contributed by atoms with van der Waals surface area (Å²) in [4.78, 5) is 0. The molecule has 0 aliphatic carbocycles. The van der Waals surface area contributed by atoms with Crippen LogP contribution >= 0.6 is 11.6 Å². The maximum Gasteiger partial charge on any atom is 0.100 e. The van der Waals surface area contributed by atoms with E-state index in [2.05, 4.69) is 31.1 Å². The summed E-state index contributed by atoms with van der Waals surface area (Å²) < 4.78 is 6.82. The smallest absolute Gasteiger partial charge is 0.100 e. The summed E-state index contributed by atoms with van der Waals surface area (Å²) in [5.41, 5.74) is 0.785. The lowest BCUT2D eigenvalue weighted by molar-refractivity contribution is 0.193. The molecule has 4 nitrogen and oxygen atoms in total. The first-order valence-electron chi connectivity index (χ1n) is 4.51. The second-order valence-corrected chi connectivity index (χ2v) is 4.69. The number of halogens is 1. The van der Waals surface area contributed by atoms with E-state index in [9.17, 15) is 0 Å². The predicted octanol–water partition coefficient (Wildman–Crippen LogP) is 1.96. The SMILES string of the molecule is COCC(Cl)c1cnnn1C(C)(C)C. The Morgan fingerprint density at radius 2 is 2.21 bits per heavy atom. The Balaban J connectivity index is 2.93. The Labute approximate surface area is 89.2 Å². The summed E-state index contributed by atoms with van der Waals surface area (Å²) in [6.45, 7) is 6.63. The van der Waals surface area contributed by atoms with Gasteiger partial charge in [-0.25, -0.2) is 4.68 Å². The summed E-state index contributed by atoms with van der Waals surface area (Å²) in [6.07, 6.45) is 1.68. The van der Waals surface area contributed by atoms with Crippen molar-refractivity contribution in [1.29, 1.82) is 0 Å². The molecule has 1 unspecified atom stereocenters. The van der Waals surface area contributed by atoms with Gasteiger partial charge in [-0.05, 0) is 20.8 Å². The minimum Gasteiger partial charge on any atom is -0.383 e. The van der Waals surface area contributed by atoms with Gasteiger partial charge in [0.2, 0.25) is 0 Å². The maximum absolute atomic E-state index is 6.13. The van der Waals surface area contributed by atoms with Crippen molar-refractivity contribution in [1.82, 2.24) is 15.0 Å². The molecule has 1 rings (SSSR count). The largest absolute Gasteiger partial charge is 0.383 e. The molecule has 0 aromatic carbocycles. The van der Waals surface area contributed by atoms with Crippen LogP contribution in [0.1, 0.15) is 31.8 Å². The van der Waals surface area contributed by atoms with Crippen LogP contribution in [-0.4, -0.2) is 28.7 Å². The third-order valence-corrected chi connectivity index (χ3v) is 2.19. The molecule has 0 aliphatic heterocycles. The highest BCUT2D eigenvalue weighted by molar-refractivity contribution is 6.20. The molecule has 0 fully saturated rings. The molecule has 14 heavy (non-hydrogen) atoms. The van der Waals surface area contributed by atoms with E-state index in [1.54, 1.807) is 13.3 Å². The predicted molar refractivity (Wildman–Crippen MR) is 55.5 cm³/mol. The molecule has 0 saturated heterocycles. The van der Waals surface area contributed by atoms with E-state index in [0.717, 1.165) is 5.69 Å². The van der Waals surface area contributed by atoms with Gasteiger partial charge in [-0.3, -0.25) is 0 Å². The van der Waals surface area contributed by atoms with Gasteiger partial charge in [-0.2, -0.15) is 0 Å². The first-order valence-corrected chi connectivity index (χ1v) is 4.94. The summed E-state index contributed by atoms with van der Waals surface area (Å²) in [5.74, 6) is 0. The molecule has 1 heterocycles. The zero-order chi connectivity index (χ0) is 10.8. The highest BCUT2D eigenvalue weighted by atomic mass is 35.5. The second kappa shape index (κ2) is 4.28. The molecule has 1 aromatic rings. The number of ether oxygens (including phenoxy) is 1. The number of methoxy groups -OCH3 is 1. The Morgan fingerprint density at radius 1 is 1.57 bits per heavy atom. The third kappa shape index (κ3) is 2.45. The average Bonchev–Trinajstić information content (AvgIpc) is 2.50. The number of alkyl halides is 1. The molecule has 0 radical (unpaired) electrons. The van der Waals surface area contributed by atoms with Gasteiger partial charge in [0.25, 0.3) is 0 Å². The maximum atomic E-state index is 6.13. The Morgan fingerprint density at radius 3 is 2.71 bits per heavy atom. The number of rotatable bonds is 3. The van der Waals surface area contributed by atoms with E-state index < -0.39 is 0 Å². The van der Waals surface area contributed by atoms with E-state index in [4.69, 9.17) is 16.3 Å². The third-order valence-electron chi connectivity index (χ3n) is 1.84. The van der Waals surface area contributed by atoms with Crippen molar-refractivity contribution >= 4 is 11.6 Å². The highest BCUT2D eigenvalue weighted by Crippen LogP contribution is 2.24. The average molecular weight is 218 g/mol. The van der Waals surface area contributed by atoms with Crippen LogP contribution in [0.4, 0.5) is 0 Å². The van der Waals surface area contributed by atoms with Crippen LogP contribution < -0.4 is 0 Å². The second-order valence-electron chi connectivity index (χ2n) is 4.16. The fourth-order valence-electron chi connectivity index (χ4n) is 1.21. The topological polar surface area (TPSA) is 39.9 Å². The molecular weight excluding hydrogens is 202 g/mol. The molecule has 0 saturated carbocycles. The van der Waals surface area contributed by atoms with Crippen molar-refractivity contribution in [3.8, 4) is 0 Å². The Kier molecular flexibility index (Phi) is 3.50. The molecule has 80 valence electrons. The molecule has 1 aromatic heterocycles. The van der Waals surface area contributed by atoms with Crippen molar-refractivity contribution < 1.29 is 4.74 Å². The van der Waals surface area contributed by atoms with E-state index in [0.29, 0.717) is 6.61 Å². The number of aromatic nitrogens is 3. The van der Waals surface area contributed by atoms with Crippen LogP contribution in [0.3, 0.4) is 0 Å². The van der Waals surface area contributed by atoms with Crippen molar-refractivity contribution in [3.63, 3.8) is 0 Å². The number of hydrogen-bond donors (Lipinski definition) is 0. The van der Waals surface area contributed by atoms with E-state index in [-0.39, 0.29) is 10.9 Å². The van der Waals surface area contributed by atoms with Crippen molar-refractivity contribution in [3.05, 3.63) is 11.9 Å². The van der Waals surface area contributed by atoms with Gasteiger partial charge in [-0.15, -0.1) is 16.7 Å². The van der Waals surface area contributed by atoms with Gasteiger partial charge in [0, 0.05) is 7.11 Å². The summed E-state index contributed by atoms with van der Waals surface area (Å²) in [5, 5.41) is 7.68. The van der Waals surface area contributed by atoms with Crippen molar-refractivity contribution in [2.45, 2.75) is 31.7 Å². The van der Waals surface area contributed by atoms with E-state index in [1.165, 1.54) is 0 Å². The number of hydrogen-bond acceptors (Lipinski definition) is 3. The van der Waals surface area contributed by atoms with Crippen molar-refractivity contribution in [2.75, 3.05) is 13.7 Å². The van der Waals surface area contributed by atoms with Crippen LogP contribution in [0.5, 0.6) is 0 Å². The zero-order valence-corrected chi connectivity index (χ0v) is 9.75. The Hall–Kier alpha value is -0.610. The fraction of sp³-hybridized carbons (Fsp3) is 0.778. The normalized spacial score (nSPS) is 14.4. The monoisotopic (exact) mass is 217 g/mol. The van der Waals surface area contributed by atoms with Crippen LogP contribution in [0, 0.1) is 0 Å². The minimum absolute atomic E-state index is 0.104. The quantitative estimate of drug-likeness (QED) is 0.727. The van der Waals surface area contributed by atoms with Gasteiger partial charge in [0.05, 0.1) is 24.0 Å². The Bertz CT molecular complexity index is 292. The van der Waals surface area contributed by atoms with Crippen LogP contribution in [0.15, 0.2) is 6.20 Å². The molecular formula is C9H16ClN3O. The van der Waals surface area contributed by atoms with Crippen LogP contribution in [-0.2, 0) is 10.3 Å². The lowest BCUT2D eigenvalue weighted by Gasteiger charge is -2.22. The first kappa shape index (κ1) is 11.5. The van der Waals surface area contributed by atoms with Gasteiger partial charge in [0.1, 0.15) is 5.38 Å². The summed E-state index contributed by atoms with van der Waals surface area (Å²) in [6, 6.07) is 0. The molecule has 0 N–H and O–H groups in total. The van der Waals surface area contributed by atoms with Gasteiger partial charge >= 0.3 is 0 Å². The first-order chi connectivity index (χ1) is 6.46. The molecule has 0 spiro atoms. The highest BCUT2D eigenvalue weighted by Gasteiger charge is 2.22. The van der Waals surface area contributed by atoms with Crippen LogP contribution in [0.25, 0.3) is 0 Å². The van der Waals surface area contributed by atoms with Crippen LogP contribution in [0.2, 0.25) is 0 Å². The standard InChI is InChI=1S/C9H16ClN3O/c1-9(2,3)13-8(5-11-12-13)7(10)6-14-4/h5,7H,6H2,1-4H3. The van der Waals surface area contributed by atoms with Gasteiger partial charge in [0.15, 0.2) is 0 Å². The minimum atomic E-state index is -0.200. The molecule has 1 atom stereocenters. The zero-order valence-electron chi connectivity index (χ0n) is 8.99. The van der Waals surface area contributed by atoms with Crippen molar-refractivity contribution in [2.24, 2.45) is 0 Å². The fourth-order valence-corrected chi connectivity index (χ4v) is 1.48. The van der Waals surface area contributed by atoms with Gasteiger partial charge in [-0.1, -0.05) is 5.21 Å². The van der Waals surface area contributed by atoms with Gasteiger partial charge < -0.3 is 4.74 Å². The van der Waals surface area contributed by atoms with E-state index in [1.807, 2.05) is 4.68 Å². The molecule has 0 bridgehead atoms. The number of nitrogens with zero attached hydrogens (tertiary/aromatic N) is 3.